The van der Waals surface area contributed by atoms with Gasteiger partial charge in [-0.2, -0.15) is 0 Å². The zero-order chi connectivity index (χ0) is 11.5. The highest BCUT2D eigenvalue weighted by Crippen LogP contribution is 2.27. The van der Waals surface area contributed by atoms with Gasteiger partial charge in [-0.05, 0) is 40.4 Å². The highest BCUT2D eigenvalue weighted by molar-refractivity contribution is 9.11. The minimum Gasteiger partial charge on any atom is -0.376 e. The fourth-order valence-electron chi connectivity index (χ4n) is 2.18. The number of ether oxygens (including phenoxy) is 1. The van der Waals surface area contributed by atoms with Crippen molar-refractivity contribution >= 4 is 27.3 Å². The maximum absolute atomic E-state index is 5.75. The number of thiophene rings is 1. The van der Waals surface area contributed by atoms with Crippen molar-refractivity contribution in [1.82, 2.24) is 5.43 Å². The first kappa shape index (κ1) is 12.5. The van der Waals surface area contributed by atoms with Crippen molar-refractivity contribution in [2.45, 2.75) is 31.9 Å². The van der Waals surface area contributed by atoms with Crippen LogP contribution in [-0.4, -0.2) is 18.8 Å². The normalized spacial score (nSPS) is 27.2. The molecule has 2 rings (SSSR count). The largest absolute Gasteiger partial charge is 0.376 e. The molecule has 1 aliphatic heterocycles. The van der Waals surface area contributed by atoms with E-state index in [9.17, 15) is 0 Å². The summed E-state index contributed by atoms with van der Waals surface area (Å²) in [5, 5.41) is 0. The molecule has 3 N–H and O–H groups in total. The summed E-state index contributed by atoms with van der Waals surface area (Å²) >= 11 is 5.23. The summed E-state index contributed by atoms with van der Waals surface area (Å²) in [6, 6.07) is 4.42. The van der Waals surface area contributed by atoms with Gasteiger partial charge in [0.25, 0.3) is 0 Å². The van der Waals surface area contributed by atoms with Gasteiger partial charge in [0.2, 0.25) is 0 Å². The fourth-order valence-corrected chi connectivity index (χ4v) is 3.72. The molecule has 0 amide bonds. The maximum Gasteiger partial charge on any atom is 0.0771 e. The van der Waals surface area contributed by atoms with Crippen LogP contribution in [0.2, 0.25) is 0 Å². The molecule has 3 unspecified atom stereocenters. The Kier molecular flexibility index (Phi) is 4.38. The zero-order valence-corrected chi connectivity index (χ0v) is 11.7. The Morgan fingerprint density at radius 2 is 2.50 bits per heavy atom. The molecule has 5 heteroatoms. The Hall–Kier alpha value is 0.0600. The maximum atomic E-state index is 5.75. The Labute approximate surface area is 108 Å². The molecule has 3 nitrogen and oxygen atoms in total. The van der Waals surface area contributed by atoms with E-state index in [0.717, 1.165) is 19.4 Å². The number of rotatable bonds is 4. The van der Waals surface area contributed by atoms with Crippen LogP contribution in [0.25, 0.3) is 0 Å². The molecule has 90 valence electrons. The number of halogens is 1. The molecule has 0 aromatic carbocycles. The van der Waals surface area contributed by atoms with Crippen LogP contribution < -0.4 is 11.3 Å². The van der Waals surface area contributed by atoms with E-state index in [1.54, 1.807) is 11.3 Å². The lowest BCUT2D eigenvalue weighted by atomic mass is 9.95. The third-order valence-corrected chi connectivity index (χ3v) is 4.75. The van der Waals surface area contributed by atoms with E-state index in [1.165, 1.54) is 8.66 Å². The average Bonchev–Trinajstić information content (AvgIpc) is 2.84. The van der Waals surface area contributed by atoms with Crippen molar-refractivity contribution in [2.24, 2.45) is 11.8 Å². The Morgan fingerprint density at radius 1 is 1.69 bits per heavy atom. The number of hydrazine groups is 1. The van der Waals surface area contributed by atoms with Gasteiger partial charge in [0, 0.05) is 17.9 Å². The van der Waals surface area contributed by atoms with E-state index >= 15 is 0 Å². The first-order valence-electron chi connectivity index (χ1n) is 5.52. The summed E-state index contributed by atoms with van der Waals surface area (Å²) in [6.45, 7) is 3.09. The quantitative estimate of drug-likeness (QED) is 0.663. The second kappa shape index (κ2) is 5.60. The summed E-state index contributed by atoms with van der Waals surface area (Å²) in [7, 11) is 0. The van der Waals surface area contributed by atoms with E-state index in [0.29, 0.717) is 5.92 Å². The van der Waals surface area contributed by atoms with Crippen molar-refractivity contribution in [2.75, 3.05) is 6.61 Å². The van der Waals surface area contributed by atoms with Gasteiger partial charge in [0.05, 0.1) is 15.9 Å². The standard InChI is InChI=1S/C11H17BrN2OS/c1-7-4-5-15-11(7)9(14-13)6-8-2-3-10(12)16-8/h2-3,7,9,11,14H,4-6,13H2,1H3. The van der Waals surface area contributed by atoms with Gasteiger partial charge in [0.15, 0.2) is 0 Å². The van der Waals surface area contributed by atoms with E-state index in [1.807, 2.05) is 0 Å². The Bertz CT molecular complexity index is 344. The lowest BCUT2D eigenvalue weighted by molar-refractivity contribution is 0.0613. The molecule has 1 aromatic rings. The van der Waals surface area contributed by atoms with Gasteiger partial charge < -0.3 is 4.74 Å². The van der Waals surface area contributed by atoms with E-state index in [-0.39, 0.29) is 12.1 Å². The van der Waals surface area contributed by atoms with Gasteiger partial charge in [-0.15, -0.1) is 11.3 Å². The zero-order valence-electron chi connectivity index (χ0n) is 9.28. The first-order valence-corrected chi connectivity index (χ1v) is 7.13. The molecule has 1 aromatic heterocycles. The van der Waals surface area contributed by atoms with E-state index in [2.05, 4.69) is 40.4 Å². The molecular formula is C11H17BrN2OS. The summed E-state index contributed by atoms with van der Waals surface area (Å²) in [6.07, 6.45) is 2.31. The second-order valence-corrected chi connectivity index (χ2v) is 6.83. The van der Waals surface area contributed by atoms with Gasteiger partial charge in [0.1, 0.15) is 0 Å². The summed E-state index contributed by atoms with van der Waals surface area (Å²) < 4.78 is 6.91. The van der Waals surface area contributed by atoms with Gasteiger partial charge >= 0.3 is 0 Å². The molecule has 2 heterocycles. The lowest BCUT2D eigenvalue weighted by Crippen LogP contribution is -2.47. The summed E-state index contributed by atoms with van der Waals surface area (Å²) in [5.41, 5.74) is 2.90. The average molecular weight is 305 g/mol. The fraction of sp³-hybridized carbons (Fsp3) is 0.636. The van der Waals surface area contributed by atoms with Crippen molar-refractivity contribution in [3.05, 3.63) is 20.8 Å². The first-order chi connectivity index (χ1) is 7.70. The van der Waals surface area contributed by atoms with Crippen molar-refractivity contribution in [3.63, 3.8) is 0 Å². The number of hydrogen-bond acceptors (Lipinski definition) is 4. The number of nitrogens with one attached hydrogen (secondary N) is 1. The minimum absolute atomic E-state index is 0.211. The van der Waals surface area contributed by atoms with Crippen LogP contribution in [0.4, 0.5) is 0 Å². The Balaban J connectivity index is 2.00. The number of nitrogens with two attached hydrogens (primary N) is 1. The third kappa shape index (κ3) is 2.84. The summed E-state index contributed by atoms with van der Waals surface area (Å²) in [4.78, 5) is 1.33. The molecular weight excluding hydrogens is 288 g/mol. The highest BCUT2D eigenvalue weighted by atomic mass is 79.9. The lowest BCUT2D eigenvalue weighted by Gasteiger charge is -2.24. The molecule has 1 aliphatic rings. The van der Waals surface area contributed by atoms with Crippen LogP contribution in [0, 0.1) is 5.92 Å². The molecule has 0 radical (unpaired) electrons. The molecule has 3 atom stereocenters. The monoisotopic (exact) mass is 304 g/mol. The van der Waals surface area contributed by atoms with E-state index in [4.69, 9.17) is 10.6 Å². The SMILES string of the molecule is CC1CCOC1C(Cc1ccc(Br)s1)NN. The van der Waals surface area contributed by atoms with Crippen molar-refractivity contribution in [1.29, 1.82) is 0 Å². The summed E-state index contributed by atoms with van der Waals surface area (Å²) in [5.74, 6) is 6.22. The van der Waals surface area contributed by atoms with Gasteiger partial charge in [-0.3, -0.25) is 11.3 Å². The topological polar surface area (TPSA) is 47.3 Å². The van der Waals surface area contributed by atoms with E-state index < -0.39 is 0 Å². The Morgan fingerprint density at radius 3 is 3.00 bits per heavy atom. The molecule has 0 spiro atoms. The molecule has 16 heavy (non-hydrogen) atoms. The molecule has 1 fully saturated rings. The predicted molar refractivity (Wildman–Crippen MR) is 70.4 cm³/mol. The highest BCUT2D eigenvalue weighted by Gasteiger charge is 2.31. The van der Waals surface area contributed by atoms with Crippen LogP contribution in [0.5, 0.6) is 0 Å². The van der Waals surface area contributed by atoms with Crippen molar-refractivity contribution < 1.29 is 4.74 Å². The predicted octanol–water partition coefficient (Wildman–Crippen LogP) is 2.31. The van der Waals surface area contributed by atoms with Gasteiger partial charge in [-0.1, -0.05) is 6.92 Å². The van der Waals surface area contributed by atoms with Crippen LogP contribution in [0.3, 0.4) is 0 Å². The third-order valence-electron chi connectivity index (χ3n) is 3.10. The van der Waals surface area contributed by atoms with Crippen LogP contribution in [0.1, 0.15) is 18.2 Å². The van der Waals surface area contributed by atoms with Crippen LogP contribution in [-0.2, 0) is 11.2 Å². The number of hydrogen-bond donors (Lipinski definition) is 2. The minimum atomic E-state index is 0.211. The van der Waals surface area contributed by atoms with Crippen LogP contribution >= 0.6 is 27.3 Å². The van der Waals surface area contributed by atoms with Gasteiger partial charge in [-0.25, -0.2) is 0 Å². The smallest absolute Gasteiger partial charge is 0.0771 e. The molecule has 0 saturated carbocycles. The molecule has 1 saturated heterocycles. The molecule has 0 bridgehead atoms. The second-order valence-electron chi connectivity index (χ2n) is 4.28. The van der Waals surface area contributed by atoms with Crippen LogP contribution in [0.15, 0.2) is 15.9 Å². The van der Waals surface area contributed by atoms with Crippen molar-refractivity contribution in [3.8, 4) is 0 Å². The molecule has 0 aliphatic carbocycles.